The second kappa shape index (κ2) is 7.27. The minimum absolute atomic E-state index is 0.0943. The van der Waals surface area contributed by atoms with Crippen molar-refractivity contribution in [2.45, 2.75) is 70.1 Å². The smallest absolute Gasteiger partial charge is 0.227 e. The number of hydrogen-bond acceptors (Lipinski definition) is 3. The van der Waals surface area contributed by atoms with E-state index >= 15 is 0 Å². The van der Waals surface area contributed by atoms with Crippen molar-refractivity contribution < 1.29 is 14.3 Å². The lowest BCUT2D eigenvalue weighted by atomic mass is 10.00. The highest BCUT2D eigenvalue weighted by molar-refractivity contribution is 5.84. The van der Waals surface area contributed by atoms with Gasteiger partial charge in [-0.25, -0.2) is 0 Å². The highest BCUT2D eigenvalue weighted by Gasteiger charge is 2.61. The maximum absolute atomic E-state index is 12.8. The molecular formula is C22H30N2O3. The molecule has 0 aliphatic carbocycles. The van der Waals surface area contributed by atoms with E-state index in [9.17, 15) is 9.59 Å². The van der Waals surface area contributed by atoms with Crippen molar-refractivity contribution in [1.82, 2.24) is 9.80 Å². The van der Waals surface area contributed by atoms with Gasteiger partial charge in [0.15, 0.2) is 5.72 Å². The van der Waals surface area contributed by atoms with E-state index < -0.39 is 5.72 Å². The van der Waals surface area contributed by atoms with E-state index in [4.69, 9.17) is 4.74 Å². The molecule has 5 heteroatoms. The Morgan fingerprint density at radius 3 is 2.78 bits per heavy atom. The summed E-state index contributed by atoms with van der Waals surface area (Å²) in [5.41, 5.74) is 2.10. The molecule has 3 heterocycles. The van der Waals surface area contributed by atoms with Crippen molar-refractivity contribution in [2.24, 2.45) is 0 Å². The molecule has 0 bridgehead atoms. The maximum atomic E-state index is 12.8. The third-order valence-corrected chi connectivity index (χ3v) is 6.43. The van der Waals surface area contributed by atoms with Crippen LogP contribution in [0.1, 0.15) is 63.0 Å². The van der Waals surface area contributed by atoms with Crippen LogP contribution in [-0.4, -0.2) is 53.1 Å². The lowest BCUT2D eigenvalue weighted by Crippen LogP contribution is -2.56. The molecule has 4 rings (SSSR count). The monoisotopic (exact) mass is 370 g/mol. The van der Waals surface area contributed by atoms with Gasteiger partial charge in [0.05, 0.1) is 19.1 Å². The van der Waals surface area contributed by atoms with Gasteiger partial charge in [0.1, 0.15) is 0 Å². The normalized spacial score (nSPS) is 27.2. The Balaban J connectivity index is 1.33. The molecule has 146 valence electrons. The summed E-state index contributed by atoms with van der Waals surface area (Å²) < 4.78 is 6.08. The molecule has 1 spiro atoms. The number of nitrogens with zero attached hydrogens (tertiary/aromatic N) is 2. The van der Waals surface area contributed by atoms with Crippen LogP contribution in [0.15, 0.2) is 24.3 Å². The van der Waals surface area contributed by atoms with E-state index in [1.54, 1.807) is 0 Å². The van der Waals surface area contributed by atoms with Crippen molar-refractivity contribution >= 4 is 11.8 Å². The molecule has 2 atom stereocenters. The van der Waals surface area contributed by atoms with E-state index in [0.29, 0.717) is 31.9 Å². The number of hydrogen-bond donors (Lipinski definition) is 0. The zero-order chi connectivity index (χ0) is 19.0. The highest BCUT2D eigenvalue weighted by atomic mass is 16.5. The van der Waals surface area contributed by atoms with Crippen molar-refractivity contribution in [3.8, 4) is 0 Å². The molecule has 0 radical (unpaired) electrons. The fourth-order valence-corrected chi connectivity index (χ4v) is 4.90. The molecular weight excluding hydrogens is 340 g/mol. The molecule has 2 amide bonds. The van der Waals surface area contributed by atoms with Gasteiger partial charge in [-0.2, -0.15) is 0 Å². The van der Waals surface area contributed by atoms with Crippen LogP contribution in [0.2, 0.25) is 0 Å². The zero-order valence-corrected chi connectivity index (χ0v) is 16.4. The quantitative estimate of drug-likeness (QED) is 0.800. The molecule has 1 aromatic carbocycles. The fraction of sp³-hybridized carbons (Fsp3) is 0.636. The second-order valence-corrected chi connectivity index (χ2v) is 8.40. The maximum Gasteiger partial charge on any atom is 0.227 e. The van der Waals surface area contributed by atoms with E-state index in [1.807, 2.05) is 9.80 Å². The standard InChI is InChI=1S/C22H30N2O3/c1-16(2)18-9-7-17(8-10-18)5-3-6-20(25)23-13-11-22-19(23)15-21(26)24(22)12-4-14-27-22/h7-10,16,19H,3-6,11-15H2,1-2H3/t19-,22+/m1/s1. The molecule has 3 aliphatic heterocycles. The molecule has 0 aromatic heterocycles. The van der Waals surface area contributed by atoms with Gasteiger partial charge >= 0.3 is 0 Å². The topological polar surface area (TPSA) is 49.9 Å². The van der Waals surface area contributed by atoms with Gasteiger partial charge in [-0.1, -0.05) is 38.1 Å². The van der Waals surface area contributed by atoms with Crippen molar-refractivity contribution in [3.05, 3.63) is 35.4 Å². The Hall–Kier alpha value is -1.88. The molecule has 3 fully saturated rings. The van der Waals surface area contributed by atoms with Gasteiger partial charge < -0.3 is 14.5 Å². The largest absolute Gasteiger partial charge is 0.353 e. The van der Waals surface area contributed by atoms with Gasteiger partial charge in [-0.3, -0.25) is 9.59 Å². The first-order valence-corrected chi connectivity index (χ1v) is 10.3. The number of likely N-dealkylation sites (tertiary alicyclic amines) is 1. The minimum Gasteiger partial charge on any atom is -0.353 e. The Morgan fingerprint density at radius 2 is 2.04 bits per heavy atom. The van der Waals surface area contributed by atoms with Gasteiger partial charge in [-0.15, -0.1) is 0 Å². The second-order valence-electron chi connectivity index (χ2n) is 8.40. The van der Waals surface area contributed by atoms with Gasteiger partial charge in [-0.05, 0) is 36.3 Å². The molecule has 0 saturated carbocycles. The Bertz CT molecular complexity index is 715. The van der Waals surface area contributed by atoms with E-state index in [-0.39, 0.29) is 17.9 Å². The van der Waals surface area contributed by atoms with Crippen LogP contribution >= 0.6 is 0 Å². The Labute approximate surface area is 161 Å². The number of carbonyl (C=O) groups excluding carboxylic acids is 2. The summed E-state index contributed by atoms with van der Waals surface area (Å²) in [5, 5.41) is 0. The molecule has 27 heavy (non-hydrogen) atoms. The summed E-state index contributed by atoms with van der Waals surface area (Å²) in [6.07, 6.45) is 4.36. The van der Waals surface area contributed by atoms with Crippen LogP contribution in [0.3, 0.4) is 0 Å². The van der Waals surface area contributed by atoms with Crippen LogP contribution in [-0.2, 0) is 20.7 Å². The number of carbonyl (C=O) groups is 2. The highest BCUT2D eigenvalue weighted by Crippen LogP contribution is 2.45. The SMILES string of the molecule is CC(C)c1ccc(CCCC(=O)N2CC[C@@]34OCCCN3C(=O)C[C@@H]24)cc1. The van der Waals surface area contributed by atoms with Crippen LogP contribution in [0.25, 0.3) is 0 Å². The first-order valence-electron chi connectivity index (χ1n) is 10.3. The van der Waals surface area contributed by atoms with E-state index in [2.05, 4.69) is 38.1 Å². The first-order chi connectivity index (χ1) is 13.0. The first kappa shape index (κ1) is 18.5. The molecule has 0 unspecified atom stereocenters. The van der Waals surface area contributed by atoms with Crippen LogP contribution in [0, 0.1) is 0 Å². The van der Waals surface area contributed by atoms with E-state index in [0.717, 1.165) is 32.2 Å². The number of aryl methyl sites for hydroxylation is 1. The van der Waals surface area contributed by atoms with Crippen LogP contribution in [0.5, 0.6) is 0 Å². The summed E-state index contributed by atoms with van der Waals surface area (Å²) in [4.78, 5) is 29.0. The fourth-order valence-electron chi connectivity index (χ4n) is 4.90. The number of rotatable bonds is 5. The predicted molar refractivity (Wildman–Crippen MR) is 103 cm³/mol. The summed E-state index contributed by atoms with van der Waals surface area (Å²) in [6, 6.07) is 8.63. The molecule has 3 aliphatic rings. The van der Waals surface area contributed by atoms with Crippen LogP contribution in [0.4, 0.5) is 0 Å². The van der Waals surface area contributed by atoms with Gasteiger partial charge in [0.2, 0.25) is 11.8 Å². The van der Waals surface area contributed by atoms with Gasteiger partial charge in [0.25, 0.3) is 0 Å². The van der Waals surface area contributed by atoms with Crippen LogP contribution < -0.4 is 0 Å². The van der Waals surface area contributed by atoms with Crippen molar-refractivity contribution in [1.29, 1.82) is 0 Å². The number of benzene rings is 1. The van der Waals surface area contributed by atoms with Crippen molar-refractivity contribution in [3.63, 3.8) is 0 Å². The van der Waals surface area contributed by atoms with Crippen molar-refractivity contribution in [2.75, 3.05) is 19.7 Å². The Kier molecular flexibility index (Phi) is 4.97. The average molecular weight is 370 g/mol. The number of ether oxygens (including phenoxy) is 1. The third kappa shape index (κ3) is 3.27. The van der Waals surface area contributed by atoms with Gasteiger partial charge in [0, 0.05) is 25.9 Å². The zero-order valence-electron chi connectivity index (χ0n) is 16.4. The summed E-state index contributed by atoms with van der Waals surface area (Å²) >= 11 is 0. The molecule has 1 aromatic rings. The summed E-state index contributed by atoms with van der Waals surface area (Å²) in [5.74, 6) is 0.848. The van der Waals surface area contributed by atoms with E-state index in [1.165, 1.54) is 11.1 Å². The lowest BCUT2D eigenvalue weighted by molar-refractivity contribution is -0.181. The third-order valence-electron chi connectivity index (χ3n) is 6.43. The summed E-state index contributed by atoms with van der Waals surface area (Å²) in [7, 11) is 0. The summed E-state index contributed by atoms with van der Waals surface area (Å²) in [6.45, 7) is 6.55. The molecule has 0 N–H and O–H groups in total. The molecule has 3 saturated heterocycles. The lowest BCUT2D eigenvalue weighted by Gasteiger charge is -2.42. The average Bonchev–Trinajstić information content (AvgIpc) is 3.14. The molecule has 5 nitrogen and oxygen atoms in total. The minimum atomic E-state index is -0.530. The predicted octanol–water partition coefficient (Wildman–Crippen LogP) is 3.08. The Morgan fingerprint density at radius 1 is 1.26 bits per heavy atom. The number of amides is 2.